The molecule has 0 aliphatic heterocycles. The molecule has 0 fully saturated rings. The number of nitrogens with two attached hydrogens (primary N) is 1. The van der Waals surface area contributed by atoms with Gasteiger partial charge in [-0.2, -0.15) is 4.98 Å². The standard InChI is InChI=1S/C10H17N3O2/c1-7(6-14)5-12-9-4-3-8(11)10(13-9)15-2/h3-4,7,14H,5-6,11H2,1-2H3,(H,12,13). The molecule has 0 saturated heterocycles. The first-order valence-electron chi connectivity index (χ1n) is 4.82. The van der Waals surface area contributed by atoms with Gasteiger partial charge in [0.15, 0.2) is 0 Å². The monoisotopic (exact) mass is 211 g/mol. The first kappa shape index (κ1) is 11.6. The van der Waals surface area contributed by atoms with Gasteiger partial charge in [-0.15, -0.1) is 0 Å². The lowest BCUT2D eigenvalue weighted by Crippen LogP contribution is -2.15. The molecule has 0 amide bonds. The van der Waals surface area contributed by atoms with Gasteiger partial charge in [-0.05, 0) is 18.1 Å². The molecule has 15 heavy (non-hydrogen) atoms. The second kappa shape index (κ2) is 5.41. The van der Waals surface area contributed by atoms with Crippen molar-refractivity contribution in [1.29, 1.82) is 0 Å². The van der Waals surface area contributed by atoms with Crippen LogP contribution in [0, 0.1) is 5.92 Å². The minimum atomic E-state index is 0.152. The first-order valence-corrected chi connectivity index (χ1v) is 4.82. The summed E-state index contributed by atoms with van der Waals surface area (Å²) >= 11 is 0. The Labute approximate surface area is 89.3 Å². The summed E-state index contributed by atoms with van der Waals surface area (Å²) in [4.78, 5) is 4.16. The predicted octanol–water partition coefficient (Wildman–Crippen LogP) is 0.713. The number of ether oxygens (including phenoxy) is 1. The average Bonchev–Trinajstić information content (AvgIpc) is 2.27. The molecule has 1 aromatic heterocycles. The fraction of sp³-hybridized carbons (Fsp3) is 0.500. The molecule has 1 atom stereocenters. The molecule has 0 aromatic carbocycles. The molecule has 5 nitrogen and oxygen atoms in total. The summed E-state index contributed by atoms with van der Waals surface area (Å²) in [5, 5.41) is 11.9. The number of aliphatic hydroxyl groups is 1. The molecular weight excluding hydrogens is 194 g/mol. The Morgan fingerprint density at radius 3 is 2.93 bits per heavy atom. The molecular formula is C10H17N3O2. The number of nitrogen functional groups attached to an aromatic ring is 1. The van der Waals surface area contributed by atoms with Gasteiger partial charge in [0.1, 0.15) is 5.82 Å². The van der Waals surface area contributed by atoms with E-state index in [9.17, 15) is 0 Å². The van der Waals surface area contributed by atoms with Crippen LogP contribution in [0.25, 0.3) is 0 Å². The number of aliphatic hydroxyl groups excluding tert-OH is 1. The normalized spacial score (nSPS) is 12.2. The Kier molecular flexibility index (Phi) is 4.17. The van der Waals surface area contributed by atoms with E-state index in [0.29, 0.717) is 23.9 Å². The van der Waals surface area contributed by atoms with Crippen LogP contribution in [0.1, 0.15) is 6.92 Å². The van der Waals surface area contributed by atoms with E-state index in [4.69, 9.17) is 15.6 Å². The molecule has 0 aliphatic rings. The van der Waals surface area contributed by atoms with Gasteiger partial charge in [0.2, 0.25) is 5.88 Å². The van der Waals surface area contributed by atoms with Gasteiger partial charge in [0, 0.05) is 13.2 Å². The summed E-state index contributed by atoms with van der Waals surface area (Å²) in [5.74, 6) is 1.30. The zero-order valence-electron chi connectivity index (χ0n) is 9.03. The molecule has 0 radical (unpaired) electrons. The van der Waals surface area contributed by atoms with Crippen LogP contribution in [0.15, 0.2) is 12.1 Å². The maximum atomic E-state index is 8.85. The van der Waals surface area contributed by atoms with E-state index in [1.807, 2.05) is 6.92 Å². The van der Waals surface area contributed by atoms with E-state index in [0.717, 1.165) is 0 Å². The molecule has 4 N–H and O–H groups in total. The number of nitrogens with one attached hydrogen (secondary N) is 1. The van der Waals surface area contributed by atoms with Crippen molar-refractivity contribution in [2.45, 2.75) is 6.92 Å². The lowest BCUT2D eigenvalue weighted by atomic mass is 10.2. The molecule has 84 valence electrons. The summed E-state index contributed by atoms with van der Waals surface area (Å²) in [6, 6.07) is 3.51. The SMILES string of the molecule is COc1nc(NCC(C)CO)ccc1N. The fourth-order valence-corrected chi connectivity index (χ4v) is 1.06. The Bertz CT molecular complexity index is 318. The minimum Gasteiger partial charge on any atom is -0.479 e. The molecule has 1 unspecified atom stereocenters. The summed E-state index contributed by atoms with van der Waals surface area (Å²) in [7, 11) is 1.53. The van der Waals surface area contributed by atoms with Crippen molar-refractivity contribution in [2.75, 3.05) is 31.3 Å². The highest BCUT2D eigenvalue weighted by molar-refractivity contribution is 5.53. The van der Waals surface area contributed by atoms with E-state index in [1.165, 1.54) is 7.11 Å². The molecule has 0 spiro atoms. The van der Waals surface area contributed by atoms with E-state index < -0.39 is 0 Å². The maximum Gasteiger partial charge on any atom is 0.238 e. The number of pyridine rings is 1. The number of hydrogen-bond donors (Lipinski definition) is 3. The van der Waals surface area contributed by atoms with Crippen LogP contribution in [-0.2, 0) is 0 Å². The largest absolute Gasteiger partial charge is 0.479 e. The Balaban J connectivity index is 2.62. The number of anilines is 2. The van der Waals surface area contributed by atoms with Crippen LogP contribution in [0.2, 0.25) is 0 Å². The summed E-state index contributed by atoms with van der Waals surface area (Å²) in [5.41, 5.74) is 6.14. The van der Waals surface area contributed by atoms with Crippen LogP contribution in [-0.4, -0.2) is 30.4 Å². The topological polar surface area (TPSA) is 80.4 Å². The summed E-state index contributed by atoms with van der Waals surface area (Å²) in [6.45, 7) is 2.76. The molecule has 1 heterocycles. The van der Waals surface area contributed by atoms with E-state index in [-0.39, 0.29) is 12.5 Å². The smallest absolute Gasteiger partial charge is 0.238 e. The van der Waals surface area contributed by atoms with Gasteiger partial charge in [-0.25, -0.2) is 0 Å². The Morgan fingerprint density at radius 1 is 1.60 bits per heavy atom. The first-order chi connectivity index (χ1) is 7.17. The summed E-state index contributed by atoms with van der Waals surface area (Å²) < 4.78 is 4.99. The van der Waals surface area contributed by atoms with Gasteiger partial charge in [-0.3, -0.25) is 0 Å². The van der Waals surface area contributed by atoms with E-state index >= 15 is 0 Å². The quantitative estimate of drug-likeness (QED) is 0.668. The molecule has 5 heteroatoms. The lowest BCUT2D eigenvalue weighted by Gasteiger charge is -2.11. The van der Waals surface area contributed by atoms with Gasteiger partial charge < -0.3 is 20.9 Å². The number of hydrogen-bond acceptors (Lipinski definition) is 5. The second-order valence-corrected chi connectivity index (χ2v) is 3.46. The highest BCUT2D eigenvalue weighted by Gasteiger charge is 2.04. The van der Waals surface area contributed by atoms with Crippen LogP contribution < -0.4 is 15.8 Å². The average molecular weight is 211 g/mol. The molecule has 1 aromatic rings. The van der Waals surface area contributed by atoms with Crippen molar-refractivity contribution < 1.29 is 9.84 Å². The zero-order valence-corrected chi connectivity index (χ0v) is 9.03. The predicted molar refractivity (Wildman–Crippen MR) is 59.9 cm³/mol. The lowest BCUT2D eigenvalue weighted by molar-refractivity contribution is 0.244. The third kappa shape index (κ3) is 3.28. The third-order valence-corrected chi connectivity index (χ3v) is 2.03. The Morgan fingerprint density at radius 2 is 2.33 bits per heavy atom. The number of methoxy groups -OCH3 is 1. The van der Waals surface area contributed by atoms with Crippen molar-refractivity contribution in [3.8, 4) is 5.88 Å². The van der Waals surface area contributed by atoms with E-state index in [2.05, 4.69) is 10.3 Å². The number of nitrogens with zero attached hydrogens (tertiary/aromatic N) is 1. The number of aromatic nitrogens is 1. The minimum absolute atomic E-state index is 0.152. The Hall–Kier alpha value is -1.49. The zero-order chi connectivity index (χ0) is 11.3. The highest BCUT2D eigenvalue weighted by Crippen LogP contribution is 2.20. The van der Waals surface area contributed by atoms with Crippen LogP contribution in [0.5, 0.6) is 5.88 Å². The summed E-state index contributed by atoms with van der Waals surface area (Å²) in [6.07, 6.45) is 0. The highest BCUT2D eigenvalue weighted by atomic mass is 16.5. The van der Waals surface area contributed by atoms with Crippen molar-refractivity contribution in [3.05, 3.63) is 12.1 Å². The number of rotatable bonds is 5. The molecule has 0 saturated carbocycles. The second-order valence-electron chi connectivity index (χ2n) is 3.46. The van der Waals surface area contributed by atoms with Crippen LogP contribution >= 0.6 is 0 Å². The van der Waals surface area contributed by atoms with Gasteiger partial charge >= 0.3 is 0 Å². The van der Waals surface area contributed by atoms with Gasteiger partial charge in [-0.1, -0.05) is 6.92 Å². The molecule has 0 aliphatic carbocycles. The fourth-order valence-electron chi connectivity index (χ4n) is 1.06. The van der Waals surface area contributed by atoms with Crippen molar-refractivity contribution >= 4 is 11.5 Å². The van der Waals surface area contributed by atoms with Crippen LogP contribution in [0.3, 0.4) is 0 Å². The van der Waals surface area contributed by atoms with Crippen molar-refractivity contribution in [1.82, 2.24) is 4.98 Å². The van der Waals surface area contributed by atoms with Crippen molar-refractivity contribution in [3.63, 3.8) is 0 Å². The van der Waals surface area contributed by atoms with E-state index in [1.54, 1.807) is 12.1 Å². The van der Waals surface area contributed by atoms with Gasteiger partial charge in [0.25, 0.3) is 0 Å². The molecule has 0 bridgehead atoms. The maximum absolute atomic E-state index is 8.85. The van der Waals surface area contributed by atoms with Gasteiger partial charge in [0.05, 0.1) is 12.8 Å². The molecule has 1 rings (SSSR count). The van der Waals surface area contributed by atoms with Crippen LogP contribution in [0.4, 0.5) is 11.5 Å². The van der Waals surface area contributed by atoms with Crippen molar-refractivity contribution in [2.24, 2.45) is 5.92 Å². The third-order valence-electron chi connectivity index (χ3n) is 2.03.